The van der Waals surface area contributed by atoms with Crippen molar-refractivity contribution in [2.75, 3.05) is 64.2 Å². The van der Waals surface area contributed by atoms with Crippen LogP contribution >= 0.6 is 23.7 Å². The third-order valence-corrected chi connectivity index (χ3v) is 12.5. The number of allylic oxidation sites excluding steroid dienone is 1. The maximum absolute atomic E-state index is 13.1. The van der Waals surface area contributed by atoms with Crippen molar-refractivity contribution in [3.05, 3.63) is 41.3 Å². The fourth-order valence-electron chi connectivity index (χ4n) is 7.41. The molecular weight excluding hydrogens is 560 g/mol. The second kappa shape index (κ2) is 11.2. The summed E-state index contributed by atoms with van der Waals surface area (Å²) < 4.78 is 14.5. The zero-order valence-electron chi connectivity index (χ0n) is 23.4. The van der Waals surface area contributed by atoms with Crippen LogP contribution in [-0.4, -0.2) is 114 Å². The van der Waals surface area contributed by atoms with E-state index in [0.29, 0.717) is 24.4 Å². The highest BCUT2D eigenvalue weighted by Crippen LogP contribution is 2.47. The van der Waals surface area contributed by atoms with Crippen molar-refractivity contribution in [2.24, 2.45) is 5.92 Å². The van der Waals surface area contributed by atoms with Gasteiger partial charge in [-0.1, -0.05) is 24.1 Å². The molecule has 5 saturated heterocycles. The molecule has 41 heavy (non-hydrogen) atoms. The summed E-state index contributed by atoms with van der Waals surface area (Å²) in [5, 5.41) is 12.0. The molecule has 8 atom stereocenters. The van der Waals surface area contributed by atoms with E-state index in [2.05, 4.69) is 66.2 Å². The van der Waals surface area contributed by atoms with Crippen LogP contribution in [-0.2, 0) is 20.8 Å². The summed E-state index contributed by atoms with van der Waals surface area (Å²) in [6.07, 6.45) is 3.31. The summed E-state index contributed by atoms with van der Waals surface area (Å²) in [7, 11) is 2.20. The Kier molecular flexibility index (Phi) is 7.37. The van der Waals surface area contributed by atoms with E-state index in [1.54, 1.807) is 17.8 Å². The Labute approximate surface area is 249 Å². The van der Waals surface area contributed by atoms with E-state index >= 15 is 0 Å². The van der Waals surface area contributed by atoms with Gasteiger partial charge in [-0.3, -0.25) is 25.6 Å². The first-order valence-electron chi connectivity index (χ1n) is 15.0. The minimum Gasteiger partial charge on any atom is -0.474 e. The maximum Gasteiger partial charge on any atom is 0.193 e. The lowest BCUT2D eigenvalue weighted by Crippen LogP contribution is -2.67. The van der Waals surface area contributed by atoms with E-state index in [1.807, 2.05) is 11.9 Å². The molecule has 0 saturated carbocycles. The van der Waals surface area contributed by atoms with Gasteiger partial charge in [0.05, 0.1) is 37.4 Å². The monoisotopic (exact) mass is 600 g/mol. The number of morpholine rings is 1. The summed E-state index contributed by atoms with van der Waals surface area (Å²) in [5.74, 6) is 2.26. The number of fused-ring (bicyclic) bond motifs is 3. The molecule has 5 fully saturated rings. The van der Waals surface area contributed by atoms with Gasteiger partial charge in [0.15, 0.2) is 11.7 Å². The Morgan fingerprint density at radius 1 is 1.17 bits per heavy atom. The predicted molar refractivity (Wildman–Crippen MR) is 161 cm³/mol. The lowest BCUT2D eigenvalue weighted by molar-refractivity contribution is -0.120. The zero-order valence-corrected chi connectivity index (χ0v) is 25.0. The fraction of sp³-hybridized carbons (Fsp3) is 0.679. The second-order valence-corrected chi connectivity index (χ2v) is 14.6. The summed E-state index contributed by atoms with van der Waals surface area (Å²) >= 11 is 3.71. The molecule has 0 aliphatic carbocycles. The van der Waals surface area contributed by atoms with Crippen LogP contribution in [0.5, 0.6) is 0 Å². The summed E-state index contributed by atoms with van der Waals surface area (Å²) in [6.45, 7) is 6.86. The lowest BCUT2D eigenvalue weighted by atomic mass is 9.92. The lowest BCUT2D eigenvalue weighted by Gasteiger charge is -2.43. The van der Waals surface area contributed by atoms with Crippen molar-refractivity contribution in [1.82, 2.24) is 35.5 Å². The molecule has 0 aromatic heterocycles. The number of hydrogen-bond acceptors (Lipinski definition) is 13. The number of hydrogen-bond donors (Lipinski definition) is 5. The molecule has 8 rings (SSSR count). The SMILES string of the molecule is CN1SC(C2CSC3C(=O)C=C(N4CCOCC4)OC32)CC1NC1NC(c2ccc3c(c2)NNC3)CN2CCNC12. The molecule has 1 aromatic carbocycles. The smallest absolute Gasteiger partial charge is 0.193 e. The quantitative estimate of drug-likeness (QED) is 0.303. The van der Waals surface area contributed by atoms with Crippen LogP contribution in [0, 0.1) is 5.92 Å². The van der Waals surface area contributed by atoms with Crippen LogP contribution in [0.1, 0.15) is 23.6 Å². The summed E-state index contributed by atoms with van der Waals surface area (Å²) in [4.78, 5) is 17.9. The minimum atomic E-state index is -0.0864. The van der Waals surface area contributed by atoms with Crippen molar-refractivity contribution >= 4 is 35.2 Å². The van der Waals surface area contributed by atoms with Gasteiger partial charge in [-0.25, -0.2) is 9.73 Å². The number of ether oxygens (including phenoxy) is 2. The van der Waals surface area contributed by atoms with E-state index < -0.39 is 0 Å². The second-order valence-electron chi connectivity index (χ2n) is 12.1. The van der Waals surface area contributed by atoms with Crippen molar-refractivity contribution < 1.29 is 14.3 Å². The highest BCUT2D eigenvalue weighted by Gasteiger charge is 2.51. The number of ketones is 1. The number of hydrazine groups is 1. The number of carbonyl (C=O) groups excluding carboxylic acids is 1. The molecule has 7 heterocycles. The van der Waals surface area contributed by atoms with E-state index in [1.165, 1.54) is 16.8 Å². The fourth-order valence-corrected chi connectivity index (χ4v) is 10.5. The predicted octanol–water partition coefficient (Wildman–Crippen LogP) is 0.460. The van der Waals surface area contributed by atoms with Gasteiger partial charge < -0.3 is 19.8 Å². The average molecular weight is 601 g/mol. The van der Waals surface area contributed by atoms with Gasteiger partial charge in [-0.2, -0.15) is 0 Å². The number of benzene rings is 1. The van der Waals surface area contributed by atoms with Gasteiger partial charge in [0, 0.05) is 68.3 Å². The van der Waals surface area contributed by atoms with Gasteiger partial charge in [-0.15, -0.1) is 11.8 Å². The highest BCUT2D eigenvalue weighted by molar-refractivity contribution is 8.01. The van der Waals surface area contributed by atoms with Crippen molar-refractivity contribution in [1.29, 1.82) is 0 Å². The number of carbonyl (C=O) groups is 1. The van der Waals surface area contributed by atoms with E-state index in [9.17, 15) is 4.79 Å². The topological polar surface area (TPSA) is 105 Å². The molecule has 11 nitrogen and oxygen atoms in total. The molecule has 13 heteroatoms. The minimum absolute atomic E-state index is 0.0629. The Morgan fingerprint density at radius 3 is 2.98 bits per heavy atom. The van der Waals surface area contributed by atoms with Gasteiger partial charge >= 0.3 is 0 Å². The van der Waals surface area contributed by atoms with Crippen LogP contribution in [0.3, 0.4) is 0 Å². The molecular formula is C28H40N8O3S2. The highest BCUT2D eigenvalue weighted by atomic mass is 32.2. The van der Waals surface area contributed by atoms with Crippen molar-refractivity contribution in [3.63, 3.8) is 0 Å². The Hall–Kier alpha value is -1.55. The Morgan fingerprint density at radius 2 is 2.07 bits per heavy atom. The number of piperazine rings is 1. The number of thioether (sulfide) groups is 1. The first-order chi connectivity index (χ1) is 20.1. The van der Waals surface area contributed by atoms with Crippen LogP contribution in [0.2, 0.25) is 0 Å². The first-order valence-corrected chi connectivity index (χ1v) is 16.9. The molecule has 5 N–H and O–H groups in total. The van der Waals surface area contributed by atoms with Gasteiger partial charge in [-0.05, 0) is 30.7 Å². The molecule has 0 spiro atoms. The number of nitrogens with one attached hydrogen (secondary N) is 5. The van der Waals surface area contributed by atoms with Crippen LogP contribution in [0.15, 0.2) is 30.2 Å². The number of nitrogens with zero attached hydrogens (tertiary/aromatic N) is 3. The van der Waals surface area contributed by atoms with E-state index in [0.717, 1.165) is 57.3 Å². The zero-order chi connectivity index (χ0) is 27.5. The van der Waals surface area contributed by atoms with Crippen LogP contribution < -0.4 is 26.8 Å². The normalized spacial score (nSPS) is 39.2. The van der Waals surface area contributed by atoms with Gasteiger partial charge in [0.2, 0.25) is 0 Å². The number of rotatable bonds is 5. The van der Waals surface area contributed by atoms with Gasteiger partial charge in [0.25, 0.3) is 0 Å². The van der Waals surface area contributed by atoms with Crippen molar-refractivity contribution in [3.8, 4) is 0 Å². The maximum atomic E-state index is 13.1. The molecule has 7 aliphatic rings. The summed E-state index contributed by atoms with van der Waals surface area (Å²) in [6, 6.07) is 7.07. The molecule has 0 bridgehead atoms. The molecule has 8 unspecified atom stereocenters. The molecule has 1 aromatic rings. The van der Waals surface area contributed by atoms with E-state index in [4.69, 9.17) is 9.47 Å². The Balaban J connectivity index is 0.951. The number of anilines is 1. The van der Waals surface area contributed by atoms with Crippen molar-refractivity contribution in [2.45, 2.75) is 54.1 Å². The van der Waals surface area contributed by atoms with Gasteiger partial charge in [0.1, 0.15) is 11.4 Å². The average Bonchev–Trinajstić information content (AvgIpc) is 3.79. The standard InChI is InChI=1S/C28H40N8O3S2/c1-34-23(12-22(41-34)18-15-40-26-21(37)11-24(39-25(18)26)35-6-8-38-9-7-35)32-27-28-29-4-5-36(28)14-20(31-27)16-2-3-17-13-30-33-19(17)10-16/h2-3,10-11,18,20,22-23,25-33H,4-9,12-15H2,1H3. The van der Waals surface area contributed by atoms with Crippen LogP contribution in [0.4, 0.5) is 5.69 Å². The largest absolute Gasteiger partial charge is 0.474 e. The van der Waals surface area contributed by atoms with Crippen LogP contribution in [0.25, 0.3) is 0 Å². The molecule has 222 valence electrons. The van der Waals surface area contributed by atoms with E-state index in [-0.39, 0.29) is 41.7 Å². The first kappa shape index (κ1) is 27.0. The molecule has 0 radical (unpaired) electrons. The molecule has 7 aliphatic heterocycles. The summed E-state index contributed by atoms with van der Waals surface area (Å²) in [5.41, 5.74) is 10.4. The molecule has 0 amide bonds. The third kappa shape index (κ3) is 5.06. The third-order valence-electron chi connectivity index (χ3n) is 9.66. The Bertz CT molecular complexity index is 1200.